The molecule has 8 atom stereocenters. The SMILES string of the molecule is CC/C=C\C/C=C\C/C=C\C/C=C\C/C=C\C/C=C\CC(O)C(=O)NC(COC1OC(CO)C(O)C(O)C1OC(=O)CCCCCCCCCCC/C=C/CCCCCCCC)C(O)/C=C/CCCCCCCCCCC. The number of amides is 1. The number of aliphatic hydroxyl groups excluding tert-OH is 5. The lowest BCUT2D eigenvalue weighted by atomic mass is 9.99. The first-order valence-electron chi connectivity index (χ1n) is 31.0. The third kappa shape index (κ3) is 41.3. The molecule has 0 radical (unpaired) electrons. The molecule has 77 heavy (non-hydrogen) atoms. The first-order chi connectivity index (χ1) is 37.7. The Morgan fingerprint density at radius 2 is 0.935 bits per heavy atom. The molecular weight excluding hydrogens is 967 g/mol. The number of hydrogen-bond donors (Lipinski definition) is 6. The number of esters is 1. The summed E-state index contributed by atoms with van der Waals surface area (Å²) in [5.41, 5.74) is 0. The fourth-order valence-electron chi connectivity index (χ4n) is 9.07. The number of aliphatic hydroxyl groups is 5. The Bertz CT molecular complexity index is 1620. The van der Waals surface area contributed by atoms with Crippen molar-refractivity contribution in [2.45, 2.75) is 294 Å². The first kappa shape index (κ1) is 71.6. The molecule has 0 aliphatic carbocycles. The Hall–Kier alpha value is -3.42. The van der Waals surface area contributed by atoms with E-state index < -0.39 is 67.4 Å². The number of rotatable bonds is 51. The van der Waals surface area contributed by atoms with Gasteiger partial charge in [-0.2, -0.15) is 0 Å². The lowest BCUT2D eigenvalue weighted by Crippen LogP contribution is -2.61. The van der Waals surface area contributed by atoms with Crippen molar-refractivity contribution in [3.8, 4) is 0 Å². The molecule has 1 rings (SSSR count). The molecule has 0 bridgehead atoms. The molecule has 442 valence electrons. The van der Waals surface area contributed by atoms with Crippen LogP contribution < -0.4 is 5.32 Å². The first-order valence-corrected chi connectivity index (χ1v) is 31.0. The van der Waals surface area contributed by atoms with Crippen LogP contribution in [0.1, 0.15) is 245 Å². The topological polar surface area (TPSA) is 175 Å². The minimum absolute atomic E-state index is 0.0539. The van der Waals surface area contributed by atoms with E-state index in [0.717, 1.165) is 77.0 Å². The van der Waals surface area contributed by atoms with Crippen LogP contribution >= 0.6 is 0 Å². The summed E-state index contributed by atoms with van der Waals surface area (Å²) in [6, 6.07) is -1.07. The predicted octanol–water partition coefficient (Wildman–Crippen LogP) is 14.7. The normalized spacial score (nSPS) is 19.7. The van der Waals surface area contributed by atoms with Crippen LogP contribution in [0.15, 0.2) is 97.2 Å². The largest absolute Gasteiger partial charge is 0.454 e. The maximum atomic E-state index is 13.4. The number of unbranched alkanes of at least 4 members (excludes halogenated alkanes) is 24. The second kappa shape index (κ2) is 53.2. The van der Waals surface area contributed by atoms with Crippen LogP contribution in [0.4, 0.5) is 0 Å². The van der Waals surface area contributed by atoms with Crippen molar-refractivity contribution in [3.05, 3.63) is 97.2 Å². The van der Waals surface area contributed by atoms with Crippen LogP contribution in [0, 0.1) is 0 Å². The highest BCUT2D eigenvalue weighted by molar-refractivity contribution is 5.81. The fraction of sp³-hybridized carbons (Fsp3) is 0.727. The highest BCUT2D eigenvalue weighted by atomic mass is 16.7. The van der Waals surface area contributed by atoms with Gasteiger partial charge in [-0.25, -0.2) is 0 Å². The molecule has 8 unspecified atom stereocenters. The molecule has 1 aliphatic rings. The number of nitrogens with one attached hydrogen (secondary N) is 1. The Morgan fingerprint density at radius 3 is 1.39 bits per heavy atom. The molecule has 6 N–H and O–H groups in total. The molecule has 1 aliphatic heterocycles. The maximum absolute atomic E-state index is 13.4. The Labute approximate surface area is 469 Å². The summed E-state index contributed by atoms with van der Waals surface area (Å²) in [6.45, 7) is 5.61. The van der Waals surface area contributed by atoms with E-state index in [1.807, 2.05) is 18.2 Å². The van der Waals surface area contributed by atoms with Gasteiger partial charge in [0.1, 0.15) is 24.4 Å². The summed E-state index contributed by atoms with van der Waals surface area (Å²) in [5, 5.41) is 56.8. The molecule has 11 nitrogen and oxygen atoms in total. The van der Waals surface area contributed by atoms with Gasteiger partial charge in [0.15, 0.2) is 12.4 Å². The Kier molecular flexibility index (Phi) is 49.5. The van der Waals surface area contributed by atoms with Gasteiger partial charge in [-0.05, 0) is 83.5 Å². The van der Waals surface area contributed by atoms with Gasteiger partial charge < -0.3 is 45.1 Å². The maximum Gasteiger partial charge on any atom is 0.306 e. The number of hydrogen-bond acceptors (Lipinski definition) is 10. The monoisotopic (exact) mass is 1080 g/mol. The summed E-state index contributed by atoms with van der Waals surface area (Å²) >= 11 is 0. The molecule has 0 aromatic rings. The number of ether oxygens (including phenoxy) is 3. The Balaban J connectivity index is 2.72. The highest BCUT2D eigenvalue weighted by Gasteiger charge is 2.47. The van der Waals surface area contributed by atoms with Gasteiger partial charge in [-0.15, -0.1) is 0 Å². The molecule has 1 saturated heterocycles. The number of carbonyl (C=O) groups is 2. The second-order valence-electron chi connectivity index (χ2n) is 21.1. The summed E-state index contributed by atoms with van der Waals surface area (Å²) in [6.07, 6.45) is 60.4. The van der Waals surface area contributed by atoms with E-state index in [1.54, 1.807) is 12.2 Å². The van der Waals surface area contributed by atoms with E-state index >= 15 is 0 Å². The van der Waals surface area contributed by atoms with Crippen molar-refractivity contribution in [2.75, 3.05) is 13.2 Å². The summed E-state index contributed by atoms with van der Waals surface area (Å²) in [7, 11) is 0. The van der Waals surface area contributed by atoms with E-state index in [0.29, 0.717) is 12.8 Å². The molecule has 0 aromatic heterocycles. The summed E-state index contributed by atoms with van der Waals surface area (Å²) < 4.78 is 17.6. The molecule has 1 fully saturated rings. The molecule has 1 heterocycles. The van der Waals surface area contributed by atoms with Gasteiger partial charge in [-0.3, -0.25) is 9.59 Å². The Morgan fingerprint density at radius 1 is 0.519 bits per heavy atom. The van der Waals surface area contributed by atoms with Crippen LogP contribution in [-0.2, 0) is 23.8 Å². The van der Waals surface area contributed by atoms with Gasteiger partial charge in [0.25, 0.3) is 0 Å². The lowest BCUT2D eigenvalue weighted by molar-refractivity contribution is -0.305. The molecule has 0 spiro atoms. The van der Waals surface area contributed by atoms with E-state index in [2.05, 4.69) is 92.9 Å². The van der Waals surface area contributed by atoms with Crippen molar-refractivity contribution in [1.82, 2.24) is 5.32 Å². The smallest absolute Gasteiger partial charge is 0.306 e. The third-order valence-electron chi connectivity index (χ3n) is 14.0. The van der Waals surface area contributed by atoms with Crippen molar-refractivity contribution < 1.29 is 49.3 Å². The standard InChI is InChI=1S/C66H113NO10/c1-4-7-10-13-16-19-22-24-26-28-30-32-34-36-39-42-45-48-51-54-61(71)77-64-63(73)62(72)60(55-68)76-66(64)75-56-57(58(69)52-49-46-43-40-37-21-18-15-12-9-6-3)67-65(74)59(70)53-50-47-44-41-38-35-33-31-29-27-25-23-20-17-14-11-8-5-2/h8,11,17,20,24-27,31,33,38,41,47,49-50,52,57-60,62-64,66,68-70,72-73H,4-7,9-10,12-16,18-19,21-23,28-30,32,34-37,39-40,42-46,48,51,53-56H2,1-3H3,(H,67,74)/b11-8-,20-17-,26-24+,27-25-,33-31-,41-38-,50-47-,52-49+. The molecule has 1 amide bonds. The van der Waals surface area contributed by atoms with Crippen LogP contribution in [0.5, 0.6) is 0 Å². The zero-order valence-corrected chi connectivity index (χ0v) is 48.8. The number of allylic oxidation sites excluding steroid dienone is 14. The van der Waals surface area contributed by atoms with E-state index in [1.165, 1.54) is 122 Å². The van der Waals surface area contributed by atoms with Crippen molar-refractivity contribution in [2.24, 2.45) is 0 Å². The molecular formula is C66H113NO10. The van der Waals surface area contributed by atoms with E-state index in [4.69, 9.17) is 14.2 Å². The number of carbonyl (C=O) groups excluding carboxylic acids is 2. The molecule has 0 saturated carbocycles. The van der Waals surface area contributed by atoms with Crippen molar-refractivity contribution in [1.29, 1.82) is 0 Å². The highest BCUT2D eigenvalue weighted by Crippen LogP contribution is 2.26. The van der Waals surface area contributed by atoms with Gasteiger partial charge in [-0.1, -0.05) is 246 Å². The minimum atomic E-state index is -1.63. The third-order valence-corrected chi connectivity index (χ3v) is 14.0. The van der Waals surface area contributed by atoms with Gasteiger partial charge >= 0.3 is 5.97 Å². The average Bonchev–Trinajstić information content (AvgIpc) is 3.43. The van der Waals surface area contributed by atoms with Crippen LogP contribution in [0.25, 0.3) is 0 Å². The second-order valence-corrected chi connectivity index (χ2v) is 21.1. The zero-order chi connectivity index (χ0) is 56.1. The molecule has 0 aromatic carbocycles. The van der Waals surface area contributed by atoms with Crippen LogP contribution in [0.3, 0.4) is 0 Å². The van der Waals surface area contributed by atoms with E-state index in [9.17, 15) is 35.1 Å². The fourth-order valence-corrected chi connectivity index (χ4v) is 9.07. The zero-order valence-electron chi connectivity index (χ0n) is 48.8. The quantitative estimate of drug-likeness (QED) is 0.0195. The minimum Gasteiger partial charge on any atom is -0.454 e. The lowest BCUT2D eigenvalue weighted by Gasteiger charge is -2.41. The van der Waals surface area contributed by atoms with Gasteiger partial charge in [0.05, 0.1) is 25.4 Å². The summed E-state index contributed by atoms with van der Waals surface area (Å²) in [5.74, 6) is -1.29. The predicted molar refractivity (Wildman–Crippen MR) is 319 cm³/mol. The van der Waals surface area contributed by atoms with Gasteiger partial charge in [0.2, 0.25) is 5.91 Å². The molecule has 11 heteroatoms. The van der Waals surface area contributed by atoms with Crippen molar-refractivity contribution in [3.63, 3.8) is 0 Å². The average molecular weight is 1080 g/mol. The summed E-state index contributed by atoms with van der Waals surface area (Å²) in [4.78, 5) is 26.5. The van der Waals surface area contributed by atoms with Crippen molar-refractivity contribution >= 4 is 11.9 Å². The van der Waals surface area contributed by atoms with Gasteiger partial charge in [0, 0.05) is 12.8 Å². The van der Waals surface area contributed by atoms with Crippen LogP contribution in [-0.4, -0.2) is 99.6 Å². The van der Waals surface area contributed by atoms with Crippen LogP contribution in [0.2, 0.25) is 0 Å². The van der Waals surface area contributed by atoms with E-state index in [-0.39, 0.29) is 19.4 Å².